The summed E-state index contributed by atoms with van der Waals surface area (Å²) in [6.07, 6.45) is 3.74. The molecular weight excluding hydrogens is 306 g/mol. The van der Waals surface area contributed by atoms with E-state index in [1.807, 2.05) is 6.92 Å². The van der Waals surface area contributed by atoms with Gasteiger partial charge in [0.15, 0.2) is 5.65 Å². The number of aromatic nitrogens is 4. The molecule has 1 N–H and O–H groups in total. The molecule has 0 aliphatic rings. The summed E-state index contributed by atoms with van der Waals surface area (Å²) >= 11 is 1.78. The molecule has 0 fully saturated rings. The molecule has 0 saturated heterocycles. The van der Waals surface area contributed by atoms with Crippen LogP contribution in [-0.4, -0.2) is 19.9 Å². The highest BCUT2D eigenvalue weighted by atomic mass is 32.1. The lowest BCUT2D eigenvalue weighted by Crippen LogP contribution is -2.04. The molecular formula is C17H21N5S. The van der Waals surface area contributed by atoms with Crippen LogP contribution in [0.15, 0.2) is 12.4 Å². The molecule has 0 saturated carbocycles. The fourth-order valence-electron chi connectivity index (χ4n) is 2.68. The highest BCUT2D eigenvalue weighted by Gasteiger charge is 2.11. The zero-order valence-corrected chi connectivity index (χ0v) is 14.8. The van der Waals surface area contributed by atoms with Gasteiger partial charge in [-0.15, -0.1) is 11.3 Å². The van der Waals surface area contributed by atoms with Crippen LogP contribution >= 0.6 is 11.3 Å². The van der Waals surface area contributed by atoms with E-state index < -0.39 is 0 Å². The number of hydrogen-bond donors (Lipinski definition) is 1. The highest BCUT2D eigenvalue weighted by molar-refractivity contribution is 7.11. The lowest BCUT2D eigenvalue weighted by molar-refractivity contribution is 0.902. The van der Waals surface area contributed by atoms with Crippen LogP contribution in [-0.2, 0) is 13.0 Å². The van der Waals surface area contributed by atoms with Crippen LogP contribution in [0.3, 0.4) is 0 Å². The molecule has 0 unspecified atom stereocenters. The van der Waals surface area contributed by atoms with E-state index in [1.54, 1.807) is 17.7 Å². The van der Waals surface area contributed by atoms with Gasteiger partial charge >= 0.3 is 0 Å². The lowest BCUT2D eigenvalue weighted by atomic mass is 10.1. The van der Waals surface area contributed by atoms with Crippen molar-refractivity contribution in [2.75, 3.05) is 5.32 Å². The molecule has 23 heavy (non-hydrogen) atoms. The van der Waals surface area contributed by atoms with Crippen LogP contribution in [0.1, 0.15) is 40.2 Å². The van der Waals surface area contributed by atoms with Crippen molar-refractivity contribution in [2.45, 2.75) is 47.1 Å². The van der Waals surface area contributed by atoms with E-state index in [-0.39, 0.29) is 0 Å². The Morgan fingerprint density at radius 2 is 1.96 bits per heavy atom. The van der Waals surface area contributed by atoms with Crippen LogP contribution in [0.4, 0.5) is 5.82 Å². The van der Waals surface area contributed by atoms with Gasteiger partial charge in [-0.05, 0) is 45.2 Å². The second-order valence-corrected chi connectivity index (χ2v) is 6.89. The Bertz CT molecular complexity index is 840. The normalized spacial score (nSPS) is 11.1. The molecule has 0 atom stereocenters. The number of anilines is 1. The van der Waals surface area contributed by atoms with Crippen molar-refractivity contribution in [3.8, 4) is 0 Å². The molecule has 0 aliphatic heterocycles. The van der Waals surface area contributed by atoms with Crippen molar-refractivity contribution in [1.29, 1.82) is 0 Å². The third-order valence-corrected chi connectivity index (χ3v) is 4.96. The van der Waals surface area contributed by atoms with Gasteiger partial charge in [0.1, 0.15) is 12.1 Å². The van der Waals surface area contributed by atoms with Gasteiger partial charge in [0, 0.05) is 10.6 Å². The average molecular weight is 327 g/mol. The van der Waals surface area contributed by atoms with Crippen LogP contribution in [0, 0.1) is 20.8 Å². The predicted octanol–water partition coefficient (Wildman–Crippen LogP) is 3.97. The number of nitrogens with one attached hydrogen (secondary N) is 1. The fraction of sp³-hybridized carbons (Fsp3) is 0.412. The van der Waals surface area contributed by atoms with Crippen LogP contribution in [0.25, 0.3) is 11.0 Å². The number of hydrogen-bond acceptors (Lipinski definition) is 6. The molecule has 0 aromatic carbocycles. The summed E-state index contributed by atoms with van der Waals surface area (Å²) in [5.41, 5.74) is 3.97. The van der Waals surface area contributed by atoms with Gasteiger partial charge < -0.3 is 5.32 Å². The molecule has 6 heteroatoms. The Kier molecular flexibility index (Phi) is 4.52. The van der Waals surface area contributed by atoms with Crippen molar-refractivity contribution in [2.24, 2.45) is 0 Å². The Hall–Kier alpha value is -2.08. The smallest absolute Gasteiger partial charge is 0.165 e. The summed E-state index contributed by atoms with van der Waals surface area (Å²) in [4.78, 5) is 19.1. The monoisotopic (exact) mass is 327 g/mol. The third-order valence-electron chi connectivity index (χ3n) is 3.75. The molecule has 0 amide bonds. The first-order valence-electron chi connectivity index (χ1n) is 7.86. The van der Waals surface area contributed by atoms with Gasteiger partial charge in [-0.2, -0.15) is 0 Å². The molecule has 120 valence electrons. The minimum absolute atomic E-state index is 0.729. The number of rotatable bonds is 5. The van der Waals surface area contributed by atoms with Crippen molar-refractivity contribution < 1.29 is 0 Å². The third kappa shape index (κ3) is 3.32. The fourth-order valence-corrected chi connectivity index (χ4v) is 3.79. The van der Waals surface area contributed by atoms with Gasteiger partial charge in [-0.25, -0.2) is 19.9 Å². The van der Waals surface area contributed by atoms with Gasteiger partial charge in [-0.1, -0.05) is 6.92 Å². The Morgan fingerprint density at radius 1 is 1.13 bits per heavy atom. The number of nitrogens with zero attached hydrogens (tertiary/aromatic N) is 4. The zero-order valence-electron chi connectivity index (χ0n) is 14.0. The van der Waals surface area contributed by atoms with Gasteiger partial charge in [0.05, 0.1) is 22.6 Å². The van der Waals surface area contributed by atoms with E-state index in [4.69, 9.17) is 0 Å². The van der Waals surface area contributed by atoms with E-state index in [1.165, 1.54) is 9.88 Å². The van der Waals surface area contributed by atoms with Gasteiger partial charge in [-0.3, -0.25) is 0 Å². The Labute approximate surface area is 140 Å². The van der Waals surface area contributed by atoms with Crippen LogP contribution in [0.2, 0.25) is 0 Å². The minimum atomic E-state index is 0.729. The summed E-state index contributed by atoms with van der Waals surface area (Å²) in [6.45, 7) is 9.04. The Balaban J connectivity index is 1.88. The molecule has 0 spiro atoms. The van der Waals surface area contributed by atoms with Crippen LogP contribution in [0.5, 0.6) is 0 Å². The number of aryl methyl sites for hydroxylation is 4. The Morgan fingerprint density at radius 3 is 2.74 bits per heavy atom. The first-order chi connectivity index (χ1) is 11.1. The second-order valence-electron chi connectivity index (χ2n) is 5.72. The van der Waals surface area contributed by atoms with E-state index in [2.05, 4.69) is 52.1 Å². The second kappa shape index (κ2) is 6.58. The standard InChI is InChI=1S/C17H21N5S/c1-5-6-14-22-12(4)13(23-14)8-18-16-15-10(2)7-11(3)21-17(15)20-9-19-16/h7,9H,5-6,8H2,1-4H3,(H,18,19,20,21). The molecule has 0 radical (unpaired) electrons. The average Bonchev–Trinajstić information content (AvgIpc) is 2.84. The summed E-state index contributed by atoms with van der Waals surface area (Å²) < 4.78 is 0. The number of fused-ring (bicyclic) bond motifs is 1. The van der Waals surface area contributed by atoms with Crippen molar-refractivity contribution in [3.05, 3.63) is 39.2 Å². The number of thiazole rings is 1. The molecule has 0 aliphatic carbocycles. The molecule has 3 aromatic heterocycles. The van der Waals surface area contributed by atoms with Crippen molar-refractivity contribution in [3.63, 3.8) is 0 Å². The predicted molar refractivity (Wildman–Crippen MR) is 95.0 cm³/mol. The largest absolute Gasteiger partial charge is 0.364 e. The maximum atomic E-state index is 4.64. The van der Waals surface area contributed by atoms with E-state index >= 15 is 0 Å². The lowest BCUT2D eigenvalue weighted by Gasteiger charge is -2.10. The molecule has 5 nitrogen and oxygen atoms in total. The maximum Gasteiger partial charge on any atom is 0.165 e. The maximum absolute atomic E-state index is 4.64. The summed E-state index contributed by atoms with van der Waals surface area (Å²) in [6, 6.07) is 2.06. The summed E-state index contributed by atoms with van der Waals surface area (Å²) in [7, 11) is 0. The molecule has 0 bridgehead atoms. The van der Waals surface area contributed by atoms with Gasteiger partial charge in [0.25, 0.3) is 0 Å². The highest BCUT2D eigenvalue weighted by Crippen LogP contribution is 2.25. The summed E-state index contributed by atoms with van der Waals surface area (Å²) in [5.74, 6) is 0.838. The van der Waals surface area contributed by atoms with Gasteiger partial charge in [0.2, 0.25) is 0 Å². The quantitative estimate of drug-likeness (QED) is 0.768. The molecule has 3 rings (SSSR count). The SMILES string of the molecule is CCCc1nc(C)c(CNc2ncnc3nc(C)cc(C)c23)s1. The zero-order chi connectivity index (χ0) is 16.4. The van der Waals surface area contributed by atoms with Crippen LogP contribution < -0.4 is 5.32 Å². The number of pyridine rings is 1. The summed E-state index contributed by atoms with van der Waals surface area (Å²) in [5, 5.41) is 5.65. The first-order valence-corrected chi connectivity index (χ1v) is 8.68. The molecule has 3 aromatic rings. The first kappa shape index (κ1) is 15.8. The van der Waals surface area contributed by atoms with E-state index in [9.17, 15) is 0 Å². The van der Waals surface area contributed by atoms with Crippen molar-refractivity contribution in [1.82, 2.24) is 19.9 Å². The van der Waals surface area contributed by atoms with Crippen molar-refractivity contribution >= 4 is 28.2 Å². The minimum Gasteiger partial charge on any atom is -0.364 e. The van der Waals surface area contributed by atoms with E-state index in [0.29, 0.717) is 0 Å². The topological polar surface area (TPSA) is 63.6 Å². The molecule has 3 heterocycles. The van der Waals surface area contributed by atoms with E-state index in [0.717, 1.165) is 53.2 Å².